The highest BCUT2D eigenvalue weighted by Crippen LogP contribution is 2.09. The molecule has 2 rings (SSSR count). The van der Waals surface area contributed by atoms with E-state index >= 15 is 0 Å². The first-order chi connectivity index (χ1) is 12.5. The average Bonchev–Trinajstić information content (AvgIpc) is 2.63. The number of carbonyl (C=O) groups excluding carboxylic acids is 2. The lowest BCUT2D eigenvalue weighted by Gasteiger charge is -2.10. The van der Waals surface area contributed by atoms with E-state index in [1.807, 2.05) is 43.3 Å². The molecule has 0 fully saturated rings. The largest absolute Gasteiger partial charge is 0.350 e. The van der Waals surface area contributed by atoms with Crippen LogP contribution in [0, 0.1) is 0 Å². The number of nitrogens with one attached hydrogen (secondary N) is 2. The van der Waals surface area contributed by atoms with Gasteiger partial charge in [0.2, 0.25) is 0 Å². The smallest absolute Gasteiger partial charge is 0.269 e. The number of aromatic nitrogens is 1. The summed E-state index contributed by atoms with van der Waals surface area (Å²) >= 11 is 5.85. The molecule has 0 aliphatic heterocycles. The van der Waals surface area contributed by atoms with Crippen molar-refractivity contribution in [2.24, 2.45) is 0 Å². The molecule has 0 radical (unpaired) electrons. The fourth-order valence-corrected chi connectivity index (χ4v) is 2.36. The lowest BCUT2D eigenvalue weighted by molar-refractivity contribution is 0.0943. The molecule has 0 saturated carbocycles. The van der Waals surface area contributed by atoms with Crippen molar-refractivity contribution in [1.29, 1.82) is 0 Å². The van der Waals surface area contributed by atoms with E-state index in [1.165, 1.54) is 0 Å². The number of hydrogen-bond acceptors (Lipinski definition) is 4. The minimum atomic E-state index is -0.304. The number of nitrogens with zero attached hydrogens (tertiary/aromatic N) is 2. The Balaban J connectivity index is 1.86. The van der Waals surface area contributed by atoms with Crippen LogP contribution in [0.25, 0.3) is 0 Å². The Labute approximate surface area is 158 Å². The van der Waals surface area contributed by atoms with Gasteiger partial charge in [-0.1, -0.05) is 29.8 Å². The van der Waals surface area contributed by atoms with E-state index in [2.05, 4.69) is 15.6 Å². The van der Waals surface area contributed by atoms with Crippen LogP contribution in [0.15, 0.2) is 42.5 Å². The zero-order chi connectivity index (χ0) is 18.9. The molecule has 0 saturated heterocycles. The Morgan fingerprint density at radius 2 is 1.54 bits per heavy atom. The van der Waals surface area contributed by atoms with Crippen LogP contribution < -0.4 is 10.6 Å². The number of pyridine rings is 1. The highest BCUT2D eigenvalue weighted by Gasteiger charge is 2.12. The SMILES string of the molecule is CN(C)CCNC(=O)c1cccc(C(=O)NCCc2ccc(Cl)cc2)n1. The number of benzene rings is 1. The molecule has 2 amide bonds. The van der Waals surface area contributed by atoms with Crippen molar-refractivity contribution < 1.29 is 9.59 Å². The van der Waals surface area contributed by atoms with Crippen LogP contribution in [-0.4, -0.2) is 55.4 Å². The van der Waals surface area contributed by atoms with Gasteiger partial charge in [0, 0.05) is 24.7 Å². The Morgan fingerprint density at radius 3 is 2.12 bits per heavy atom. The Morgan fingerprint density at radius 1 is 0.962 bits per heavy atom. The monoisotopic (exact) mass is 374 g/mol. The number of hydrogen-bond donors (Lipinski definition) is 2. The molecule has 138 valence electrons. The van der Waals surface area contributed by atoms with Gasteiger partial charge >= 0.3 is 0 Å². The number of rotatable bonds is 8. The standard InChI is InChI=1S/C19H23ClN4O2/c1-24(2)13-12-22-19(26)17-5-3-4-16(23-17)18(25)21-11-10-14-6-8-15(20)9-7-14/h3-9H,10-13H2,1-2H3,(H,21,25)(H,22,26). The fraction of sp³-hybridized carbons (Fsp3) is 0.316. The first-order valence-electron chi connectivity index (χ1n) is 8.38. The van der Waals surface area contributed by atoms with Crippen LogP contribution in [0.5, 0.6) is 0 Å². The molecule has 2 aromatic rings. The Kier molecular flexibility index (Phi) is 7.56. The van der Waals surface area contributed by atoms with Gasteiger partial charge in [0.05, 0.1) is 0 Å². The van der Waals surface area contributed by atoms with Crippen LogP contribution >= 0.6 is 11.6 Å². The van der Waals surface area contributed by atoms with Gasteiger partial charge < -0.3 is 15.5 Å². The van der Waals surface area contributed by atoms with Gasteiger partial charge in [-0.15, -0.1) is 0 Å². The van der Waals surface area contributed by atoms with Gasteiger partial charge in [0.15, 0.2) is 0 Å². The van der Waals surface area contributed by atoms with Crippen molar-refractivity contribution in [3.05, 3.63) is 64.4 Å². The van der Waals surface area contributed by atoms with E-state index in [0.717, 1.165) is 12.1 Å². The molecule has 0 atom stereocenters. The van der Waals surface area contributed by atoms with Crippen LogP contribution in [0.1, 0.15) is 26.5 Å². The van der Waals surface area contributed by atoms with Crippen molar-refractivity contribution in [1.82, 2.24) is 20.5 Å². The Hall–Kier alpha value is -2.44. The summed E-state index contributed by atoms with van der Waals surface area (Å²) in [7, 11) is 3.86. The third-order valence-corrected chi connectivity index (χ3v) is 3.92. The molecule has 0 unspecified atom stereocenters. The van der Waals surface area contributed by atoms with Gasteiger partial charge in [0.1, 0.15) is 11.4 Å². The van der Waals surface area contributed by atoms with Crippen molar-refractivity contribution in [2.75, 3.05) is 33.7 Å². The van der Waals surface area contributed by atoms with E-state index in [-0.39, 0.29) is 23.2 Å². The zero-order valence-corrected chi connectivity index (χ0v) is 15.7. The first-order valence-corrected chi connectivity index (χ1v) is 8.76. The maximum Gasteiger partial charge on any atom is 0.269 e. The molecule has 1 aromatic carbocycles. The molecule has 2 N–H and O–H groups in total. The van der Waals surface area contributed by atoms with Crippen LogP contribution in [0.2, 0.25) is 5.02 Å². The van der Waals surface area contributed by atoms with Gasteiger partial charge in [-0.25, -0.2) is 4.98 Å². The predicted molar refractivity (Wildman–Crippen MR) is 103 cm³/mol. The van der Waals surface area contributed by atoms with Gasteiger partial charge in [-0.2, -0.15) is 0 Å². The molecule has 7 heteroatoms. The van der Waals surface area contributed by atoms with E-state index in [4.69, 9.17) is 11.6 Å². The van der Waals surface area contributed by atoms with Crippen molar-refractivity contribution in [3.8, 4) is 0 Å². The van der Waals surface area contributed by atoms with Crippen molar-refractivity contribution >= 4 is 23.4 Å². The third kappa shape index (κ3) is 6.46. The second-order valence-electron chi connectivity index (χ2n) is 6.10. The summed E-state index contributed by atoms with van der Waals surface area (Å²) in [4.78, 5) is 30.4. The normalized spacial score (nSPS) is 10.6. The van der Waals surface area contributed by atoms with Gasteiger partial charge in [0.25, 0.3) is 11.8 Å². The molecule has 1 aromatic heterocycles. The first kappa shape index (κ1) is 19.9. The maximum atomic E-state index is 12.2. The van der Waals surface area contributed by atoms with Crippen LogP contribution in [0.4, 0.5) is 0 Å². The lowest BCUT2D eigenvalue weighted by atomic mass is 10.1. The number of halogens is 1. The molecule has 26 heavy (non-hydrogen) atoms. The van der Waals surface area contributed by atoms with Gasteiger partial charge in [-0.05, 0) is 50.3 Å². The third-order valence-electron chi connectivity index (χ3n) is 3.67. The molecule has 0 aliphatic carbocycles. The van der Waals surface area contributed by atoms with Crippen molar-refractivity contribution in [2.45, 2.75) is 6.42 Å². The van der Waals surface area contributed by atoms with E-state index in [0.29, 0.717) is 24.5 Å². The summed E-state index contributed by atoms with van der Waals surface area (Å²) in [5.74, 6) is -0.593. The minimum absolute atomic E-state index is 0.223. The lowest BCUT2D eigenvalue weighted by Crippen LogP contribution is -2.32. The summed E-state index contributed by atoms with van der Waals surface area (Å²) in [6.45, 7) is 1.73. The van der Waals surface area contributed by atoms with Gasteiger partial charge in [-0.3, -0.25) is 9.59 Å². The molecule has 6 nitrogen and oxygen atoms in total. The summed E-state index contributed by atoms with van der Waals surface area (Å²) < 4.78 is 0. The van der Waals surface area contributed by atoms with E-state index < -0.39 is 0 Å². The van der Waals surface area contributed by atoms with E-state index in [1.54, 1.807) is 18.2 Å². The molecule has 0 bridgehead atoms. The molecular formula is C19H23ClN4O2. The highest BCUT2D eigenvalue weighted by molar-refractivity contribution is 6.30. The maximum absolute atomic E-state index is 12.2. The molecular weight excluding hydrogens is 352 g/mol. The molecule has 0 spiro atoms. The minimum Gasteiger partial charge on any atom is -0.350 e. The number of carbonyl (C=O) groups is 2. The predicted octanol–water partition coefficient (Wildman–Crippen LogP) is 2.00. The highest BCUT2D eigenvalue weighted by atomic mass is 35.5. The van der Waals surface area contributed by atoms with E-state index in [9.17, 15) is 9.59 Å². The molecule has 1 heterocycles. The number of amides is 2. The van der Waals surface area contributed by atoms with Crippen LogP contribution in [-0.2, 0) is 6.42 Å². The summed E-state index contributed by atoms with van der Waals surface area (Å²) in [5, 5.41) is 6.28. The summed E-state index contributed by atoms with van der Waals surface area (Å²) in [5.41, 5.74) is 1.53. The van der Waals surface area contributed by atoms with Crippen LogP contribution in [0.3, 0.4) is 0 Å². The quantitative estimate of drug-likeness (QED) is 0.741. The topological polar surface area (TPSA) is 74.3 Å². The second-order valence-corrected chi connectivity index (χ2v) is 6.54. The average molecular weight is 375 g/mol. The summed E-state index contributed by atoms with van der Waals surface area (Å²) in [6, 6.07) is 12.3. The summed E-state index contributed by atoms with van der Waals surface area (Å²) in [6.07, 6.45) is 0.688. The molecule has 0 aliphatic rings. The fourth-order valence-electron chi connectivity index (χ4n) is 2.23. The second kappa shape index (κ2) is 9.89. The van der Waals surface area contributed by atoms with Crippen molar-refractivity contribution in [3.63, 3.8) is 0 Å². The zero-order valence-electron chi connectivity index (χ0n) is 15.0. The Bertz CT molecular complexity index is 747. The number of likely N-dealkylation sites (N-methyl/N-ethyl adjacent to an activating group) is 1.